The van der Waals surface area contributed by atoms with Gasteiger partial charge in [0.05, 0.1) is 16.1 Å². The molecule has 4 heteroatoms. The Bertz CT molecular complexity index is 638. The lowest BCUT2D eigenvalue weighted by atomic mass is 10.0. The molecule has 1 atom stereocenters. The predicted octanol–water partition coefficient (Wildman–Crippen LogP) is 4.63. The van der Waals surface area contributed by atoms with Crippen LogP contribution >= 0.6 is 23.8 Å². The van der Waals surface area contributed by atoms with E-state index < -0.39 is 0 Å². The minimum atomic E-state index is 0.458. The molecular weight excluding hydrogens is 252 g/mol. The molecule has 0 amide bonds. The van der Waals surface area contributed by atoms with E-state index in [1.807, 2.05) is 12.1 Å². The highest BCUT2D eigenvalue weighted by molar-refractivity contribution is 7.71. The Kier molecular flexibility index (Phi) is 2.81. The number of halogens is 1. The van der Waals surface area contributed by atoms with E-state index in [2.05, 4.69) is 27.8 Å². The van der Waals surface area contributed by atoms with Crippen LogP contribution in [0.1, 0.15) is 25.3 Å². The Morgan fingerprint density at radius 3 is 3.00 bits per heavy atom. The molecule has 1 aliphatic carbocycles. The lowest BCUT2D eigenvalue weighted by Gasteiger charge is -2.20. The lowest BCUT2D eigenvalue weighted by molar-refractivity contribution is 0.467. The van der Waals surface area contributed by atoms with Crippen LogP contribution < -0.4 is 0 Å². The van der Waals surface area contributed by atoms with E-state index in [0.717, 1.165) is 40.1 Å². The number of H-pyrrole nitrogens is 1. The van der Waals surface area contributed by atoms with Crippen LogP contribution in [-0.4, -0.2) is 9.55 Å². The molecule has 2 nitrogen and oxygen atoms in total. The number of allylic oxidation sites excluding steroid dienone is 2. The molecule has 0 bridgehead atoms. The fourth-order valence-corrected chi connectivity index (χ4v) is 3.05. The summed E-state index contributed by atoms with van der Waals surface area (Å²) in [5.41, 5.74) is 2.07. The van der Waals surface area contributed by atoms with E-state index in [1.54, 1.807) is 0 Å². The van der Waals surface area contributed by atoms with Gasteiger partial charge in [0.15, 0.2) is 4.77 Å². The summed E-state index contributed by atoms with van der Waals surface area (Å²) in [6.07, 6.45) is 7.79. The fourth-order valence-electron chi connectivity index (χ4n) is 2.49. The zero-order valence-electron chi connectivity index (χ0n) is 9.32. The lowest BCUT2D eigenvalue weighted by Crippen LogP contribution is -2.10. The Morgan fingerprint density at radius 1 is 1.35 bits per heavy atom. The number of nitrogens with one attached hydrogen (secondary N) is 1. The summed E-state index contributed by atoms with van der Waals surface area (Å²) >= 11 is 11.6. The Labute approximate surface area is 110 Å². The van der Waals surface area contributed by atoms with Crippen molar-refractivity contribution in [2.45, 2.75) is 25.3 Å². The van der Waals surface area contributed by atoms with Crippen molar-refractivity contribution in [2.75, 3.05) is 0 Å². The van der Waals surface area contributed by atoms with Crippen LogP contribution in [0.4, 0.5) is 0 Å². The van der Waals surface area contributed by atoms with Gasteiger partial charge in [-0.3, -0.25) is 0 Å². The van der Waals surface area contributed by atoms with Crippen LogP contribution in [-0.2, 0) is 0 Å². The van der Waals surface area contributed by atoms with Crippen LogP contribution in [0, 0.1) is 4.77 Å². The second-order valence-electron chi connectivity index (χ2n) is 4.37. The molecule has 0 radical (unpaired) electrons. The molecule has 2 aromatic rings. The van der Waals surface area contributed by atoms with Crippen molar-refractivity contribution < 1.29 is 0 Å². The molecule has 1 heterocycles. The van der Waals surface area contributed by atoms with Crippen LogP contribution in [0.2, 0.25) is 5.02 Å². The number of para-hydroxylation sites is 1. The van der Waals surface area contributed by atoms with Crippen molar-refractivity contribution in [1.82, 2.24) is 9.55 Å². The zero-order valence-corrected chi connectivity index (χ0v) is 10.9. The number of nitrogens with zero attached hydrogens (tertiary/aromatic N) is 1. The van der Waals surface area contributed by atoms with Gasteiger partial charge in [0.1, 0.15) is 0 Å². The molecule has 3 rings (SSSR count). The van der Waals surface area contributed by atoms with Gasteiger partial charge in [-0.1, -0.05) is 29.8 Å². The SMILES string of the molecule is S=c1[nH]c2c(Cl)cccc2n1C1CC=CCC1. The molecule has 1 aromatic heterocycles. The molecule has 17 heavy (non-hydrogen) atoms. The van der Waals surface area contributed by atoms with Crippen molar-refractivity contribution in [1.29, 1.82) is 0 Å². The van der Waals surface area contributed by atoms with E-state index in [9.17, 15) is 0 Å². The largest absolute Gasteiger partial charge is 0.329 e. The molecule has 0 saturated carbocycles. The van der Waals surface area contributed by atoms with Gasteiger partial charge in [0.2, 0.25) is 0 Å². The van der Waals surface area contributed by atoms with Gasteiger partial charge in [0.25, 0.3) is 0 Å². The Balaban J connectivity index is 2.22. The van der Waals surface area contributed by atoms with Crippen molar-refractivity contribution >= 4 is 34.9 Å². The van der Waals surface area contributed by atoms with Gasteiger partial charge < -0.3 is 9.55 Å². The summed E-state index contributed by atoms with van der Waals surface area (Å²) in [7, 11) is 0. The van der Waals surface area contributed by atoms with Crippen LogP contribution in [0.15, 0.2) is 30.4 Å². The number of aromatic nitrogens is 2. The number of fused-ring (bicyclic) bond motifs is 1. The van der Waals surface area contributed by atoms with Gasteiger partial charge in [-0.2, -0.15) is 0 Å². The highest BCUT2D eigenvalue weighted by Gasteiger charge is 2.16. The molecule has 0 aliphatic heterocycles. The molecular formula is C13H13ClN2S. The zero-order chi connectivity index (χ0) is 11.8. The van der Waals surface area contributed by atoms with Gasteiger partial charge in [-0.25, -0.2) is 0 Å². The van der Waals surface area contributed by atoms with E-state index in [4.69, 9.17) is 23.8 Å². The van der Waals surface area contributed by atoms with E-state index in [0.29, 0.717) is 6.04 Å². The Hall–Kier alpha value is -1.06. The molecule has 0 fully saturated rings. The Morgan fingerprint density at radius 2 is 2.24 bits per heavy atom. The molecule has 1 aromatic carbocycles. The standard InChI is InChI=1S/C13H13ClN2S/c14-10-7-4-8-11-12(10)15-13(17)16(11)9-5-2-1-3-6-9/h1-2,4,7-9H,3,5-6H2,(H,15,17). The quantitative estimate of drug-likeness (QED) is 0.588. The summed E-state index contributed by atoms with van der Waals surface area (Å²) in [6.45, 7) is 0. The number of aromatic amines is 1. The van der Waals surface area contributed by atoms with Crippen molar-refractivity contribution in [2.24, 2.45) is 0 Å². The van der Waals surface area contributed by atoms with Crippen LogP contribution in [0.5, 0.6) is 0 Å². The highest BCUT2D eigenvalue weighted by atomic mass is 35.5. The van der Waals surface area contributed by atoms with E-state index in [-0.39, 0.29) is 0 Å². The minimum Gasteiger partial charge on any atom is -0.329 e. The maximum atomic E-state index is 6.18. The van der Waals surface area contributed by atoms with Crippen molar-refractivity contribution in [3.63, 3.8) is 0 Å². The first-order chi connectivity index (χ1) is 8.27. The first kappa shape index (κ1) is 11.1. The summed E-state index contributed by atoms with van der Waals surface area (Å²) in [6, 6.07) is 6.40. The third-order valence-corrected chi connectivity index (χ3v) is 3.92. The smallest absolute Gasteiger partial charge is 0.178 e. The maximum Gasteiger partial charge on any atom is 0.178 e. The normalized spacial score (nSPS) is 19.9. The monoisotopic (exact) mass is 264 g/mol. The van der Waals surface area contributed by atoms with Crippen molar-refractivity contribution in [3.8, 4) is 0 Å². The molecule has 1 aliphatic rings. The number of rotatable bonds is 1. The number of hydrogen-bond donors (Lipinski definition) is 1. The third-order valence-electron chi connectivity index (χ3n) is 3.31. The summed E-state index contributed by atoms with van der Waals surface area (Å²) < 4.78 is 2.98. The predicted molar refractivity (Wildman–Crippen MR) is 74.2 cm³/mol. The first-order valence-corrected chi connectivity index (χ1v) is 6.60. The number of benzene rings is 1. The third kappa shape index (κ3) is 1.83. The molecule has 1 N–H and O–H groups in total. The second kappa shape index (κ2) is 4.31. The maximum absolute atomic E-state index is 6.18. The average Bonchev–Trinajstić information content (AvgIpc) is 2.68. The number of imidazole rings is 1. The molecule has 88 valence electrons. The van der Waals surface area contributed by atoms with E-state index >= 15 is 0 Å². The van der Waals surface area contributed by atoms with Gasteiger partial charge in [0, 0.05) is 6.04 Å². The highest BCUT2D eigenvalue weighted by Crippen LogP contribution is 2.30. The van der Waals surface area contributed by atoms with Crippen LogP contribution in [0.25, 0.3) is 11.0 Å². The topological polar surface area (TPSA) is 20.7 Å². The molecule has 0 spiro atoms. The van der Waals surface area contributed by atoms with Gasteiger partial charge in [-0.15, -0.1) is 0 Å². The molecule has 1 unspecified atom stereocenters. The number of hydrogen-bond acceptors (Lipinski definition) is 1. The van der Waals surface area contributed by atoms with Gasteiger partial charge in [-0.05, 0) is 43.6 Å². The average molecular weight is 265 g/mol. The summed E-state index contributed by atoms with van der Waals surface area (Å²) in [4.78, 5) is 3.21. The second-order valence-corrected chi connectivity index (χ2v) is 5.17. The minimum absolute atomic E-state index is 0.458. The first-order valence-electron chi connectivity index (χ1n) is 5.81. The van der Waals surface area contributed by atoms with Gasteiger partial charge >= 0.3 is 0 Å². The summed E-state index contributed by atoms with van der Waals surface area (Å²) in [5.74, 6) is 0. The summed E-state index contributed by atoms with van der Waals surface area (Å²) in [5, 5.41) is 0.735. The van der Waals surface area contributed by atoms with Crippen LogP contribution in [0.3, 0.4) is 0 Å². The molecule has 0 saturated heterocycles. The van der Waals surface area contributed by atoms with Crippen molar-refractivity contribution in [3.05, 3.63) is 40.1 Å². The van der Waals surface area contributed by atoms with E-state index in [1.165, 1.54) is 0 Å². The fraction of sp³-hybridized carbons (Fsp3) is 0.308.